The highest BCUT2D eigenvalue weighted by molar-refractivity contribution is 8.00. The molecule has 0 saturated carbocycles. The summed E-state index contributed by atoms with van der Waals surface area (Å²) in [4.78, 5) is 0. The summed E-state index contributed by atoms with van der Waals surface area (Å²) in [7, 11) is 1.62. The number of rotatable bonds is 6. The fourth-order valence-corrected chi connectivity index (χ4v) is 4.25. The monoisotopic (exact) mass is 392 g/mol. The number of para-hydroxylation sites is 1. The summed E-state index contributed by atoms with van der Waals surface area (Å²) in [5.41, 5.74) is 1.21. The molecule has 7 heteroatoms. The molecule has 4 N–H and O–H groups in total. The van der Waals surface area contributed by atoms with E-state index >= 15 is 0 Å². The molecule has 2 aromatic carbocycles. The number of benzene rings is 2. The Kier molecular flexibility index (Phi) is 6.62. The van der Waals surface area contributed by atoms with Crippen LogP contribution in [0.4, 0.5) is 0 Å². The Morgan fingerprint density at radius 3 is 2.30 bits per heavy atom. The third-order valence-corrected chi connectivity index (χ3v) is 6.04. The summed E-state index contributed by atoms with van der Waals surface area (Å²) >= 11 is 1.12. The maximum absolute atomic E-state index is 10.3. The molecule has 1 heterocycles. The number of ether oxygens (including phenoxy) is 2. The van der Waals surface area contributed by atoms with Crippen LogP contribution in [0, 0.1) is 0 Å². The van der Waals surface area contributed by atoms with Gasteiger partial charge in [-0.2, -0.15) is 0 Å². The highest BCUT2D eigenvalue weighted by atomic mass is 32.2. The van der Waals surface area contributed by atoms with E-state index in [2.05, 4.69) is 0 Å². The molecule has 0 spiro atoms. The standard InChI is InChI=1S/C20H24O6S/c1-25-14-8-6-12(7-9-14)10-13-4-2-3-5-15(13)26-20-19(24)18(23)17(22)16(11-21)27-20/h2-9,16-24H,10-11H2,1H3. The van der Waals surface area contributed by atoms with Crippen molar-refractivity contribution in [3.8, 4) is 11.5 Å². The van der Waals surface area contributed by atoms with Crippen LogP contribution < -0.4 is 9.47 Å². The summed E-state index contributed by atoms with van der Waals surface area (Å²) in [6, 6.07) is 15.2. The highest BCUT2D eigenvalue weighted by Gasteiger charge is 2.44. The predicted octanol–water partition coefficient (Wildman–Crippen LogP) is 1.18. The number of aliphatic hydroxyl groups is 4. The molecule has 5 atom stereocenters. The second-order valence-corrected chi connectivity index (χ2v) is 7.79. The largest absolute Gasteiger partial charge is 0.497 e. The van der Waals surface area contributed by atoms with Crippen LogP contribution in [0.25, 0.3) is 0 Å². The molecule has 0 bridgehead atoms. The topological polar surface area (TPSA) is 99.4 Å². The Bertz CT molecular complexity index is 736. The summed E-state index contributed by atoms with van der Waals surface area (Å²) in [6.07, 6.45) is -3.21. The molecular formula is C20H24O6S. The third kappa shape index (κ3) is 4.56. The van der Waals surface area contributed by atoms with Crippen LogP contribution in [-0.4, -0.2) is 63.1 Å². The van der Waals surface area contributed by atoms with E-state index in [1.54, 1.807) is 13.2 Å². The number of thioether (sulfide) groups is 1. The van der Waals surface area contributed by atoms with Crippen LogP contribution in [0.3, 0.4) is 0 Å². The van der Waals surface area contributed by atoms with Crippen LogP contribution >= 0.6 is 11.8 Å². The van der Waals surface area contributed by atoms with E-state index in [-0.39, 0.29) is 6.61 Å². The van der Waals surface area contributed by atoms with Crippen LogP contribution in [0.15, 0.2) is 48.5 Å². The van der Waals surface area contributed by atoms with E-state index in [0.717, 1.165) is 28.6 Å². The van der Waals surface area contributed by atoms with Crippen LogP contribution in [0.5, 0.6) is 11.5 Å². The van der Waals surface area contributed by atoms with Gasteiger partial charge in [0.05, 0.1) is 25.1 Å². The van der Waals surface area contributed by atoms with Gasteiger partial charge in [0, 0.05) is 6.42 Å². The minimum Gasteiger partial charge on any atom is -0.497 e. The molecule has 1 saturated heterocycles. The molecule has 1 fully saturated rings. The third-order valence-electron chi connectivity index (χ3n) is 4.62. The van der Waals surface area contributed by atoms with Crippen molar-refractivity contribution in [1.82, 2.24) is 0 Å². The molecule has 146 valence electrons. The van der Waals surface area contributed by atoms with Crippen molar-refractivity contribution < 1.29 is 29.9 Å². The lowest BCUT2D eigenvalue weighted by Crippen LogP contribution is -2.55. The van der Waals surface area contributed by atoms with Crippen molar-refractivity contribution in [1.29, 1.82) is 0 Å². The SMILES string of the molecule is COc1ccc(Cc2ccccc2OC2SC(CO)C(O)C(O)C2O)cc1. The average molecular weight is 392 g/mol. The molecule has 27 heavy (non-hydrogen) atoms. The summed E-state index contributed by atoms with van der Waals surface area (Å²) in [6.45, 7) is -0.316. The highest BCUT2D eigenvalue weighted by Crippen LogP contribution is 2.35. The van der Waals surface area contributed by atoms with Crippen molar-refractivity contribution in [3.63, 3.8) is 0 Å². The number of hydrogen-bond donors (Lipinski definition) is 4. The Morgan fingerprint density at radius 1 is 0.926 bits per heavy atom. The normalized spacial score (nSPS) is 28.0. The van der Waals surface area contributed by atoms with Gasteiger partial charge in [0.15, 0.2) is 5.44 Å². The minimum absolute atomic E-state index is 0.316. The smallest absolute Gasteiger partial charge is 0.173 e. The lowest BCUT2D eigenvalue weighted by molar-refractivity contribution is -0.0910. The van der Waals surface area contributed by atoms with Crippen molar-refractivity contribution >= 4 is 11.8 Å². The predicted molar refractivity (Wildman–Crippen MR) is 103 cm³/mol. The Morgan fingerprint density at radius 2 is 1.63 bits per heavy atom. The molecular weight excluding hydrogens is 368 g/mol. The van der Waals surface area contributed by atoms with E-state index in [4.69, 9.17) is 9.47 Å². The van der Waals surface area contributed by atoms with Crippen LogP contribution in [-0.2, 0) is 6.42 Å². The average Bonchev–Trinajstić information content (AvgIpc) is 2.70. The van der Waals surface area contributed by atoms with Gasteiger partial charge < -0.3 is 29.9 Å². The van der Waals surface area contributed by atoms with Gasteiger partial charge in [-0.05, 0) is 29.3 Å². The Hall–Kier alpha value is -1.77. The second kappa shape index (κ2) is 8.95. The van der Waals surface area contributed by atoms with Gasteiger partial charge in [0.1, 0.15) is 23.7 Å². The van der Waals surface area contributed by atoms with E-state index in [9.17, 15) is 20.4 Å². The van der Waals surface area contributed by atoms with Gasteiger partial charge >= 0.3 is 0 Å². The number of aliphatic hydroxyl groups excluding tert-OH is 4. The first kappa shape index (κ1) is 20.0. The first-order valence-corrected chi connectivity index (χ1v) is 9.65. The Labute approximate surface area is 162 Å². The Balaban J connectivity index is 1.77. The summed E-state index contributed by atoms with van der Waals surface area (Å²) < 4.78 is 11.1. The fourth-order valence-electron chi connectivity index (χ4n) is 3.02. The van der Waals surface area contributed by atoms with Gasteiger partial charge in [-0.15, -0.1) is 11.8 Å². The number of hydrogen-bond acceptors (Lipinski definition) is 7. The van der Waals surface area contributed by atoms with Crippen molar-refractivity contribution in [2.24, 2.45) is 0 Å². The zero-order chi connectivity index (χ0) is 19.4. The molecule has 1 aliphatic heterocycles. The van der Waals surface area contributed by atoms with E-state index in [0.29, 0.717) is 12.2 Å². The van der Waals surface area contributed by atoms with Crippen LogP contribution in [0.1, 0.15) is 11.1 Å². The van der Waals surface area contributed by atoms with E-state index in [1.807, 2.05) is 42.5 Å². The molecule has 0 aliphatic carbocycles. The quantitative estimate of drug-likeness (QED) is 0.586. The maximum Gasteiger partial charge on any atom is 0.173 e. The molecule has 6 nitrogen and oxygen atoms in total. The van der Waals surface area contributed by atoms with Crippen molar-refractivity contribution in [2.45, 2.75) is 35.4 Å². The lowest BCUT2D eigenvalue weighted by Gasteiger charge is -2.39. The zero-order valence-corrected chi connectivity index (χ0v) is 15.7. The number of methoxy groups -OCH3 is 1. The molecule has 0 amide bonds. The molecule has 0 radical (unpaired) electrons. The molecule has 2 aromatic rings. The lowest BCUT2D eigenvalue weighted by atomic mass is 10.0. The van der Waals surface area contributed by atoms with Crippen LogP contribution in [0.2, 0.25) is 0 Å². The molecule has 0 aromatic heterocycles. The zero-order valence-electron chi connectivity index (χ0n) is 14.9. The van der Waals surface area contributed by atoms with Gasteiger partial charge in [0.25, 0.3) is 0 Å². The minimum atomic E-state index is -1.37. The van der Waals surface area contributed by atoms with E-state index < -0.39 is 29.0 Å². The van der Waals surface area contributed by atoms with E-state index in [1.165, 1.54) is 0 Å². The second-order valence-electron chi connectivity index (χ2n) is 6.45. The molecule has 5 unspecified atom stereocenters. The van der Waals surface area contributed by atoms with Gasteiger partial charge in [-0.25, -0.2) is 0 Å². The fraction of sp³-hybridized carbons (Fsp3) is 0.400. The summed E-state index contributed by atoms with van der Waals surface area (Å²) in [5, 5.41) is 39.0. The van der Waals surface area contributed by atoms with Gasteiger partial charge in [-0.1, -0.05) is 30.3 Å². The van der Waals surface area contributed by atoms with Gasteiger partial charge in [-0.3, -0.25) is 0 Å². The first-order chi connectivity index (χ1) is 13.0. The van der Waals surface area contributed by atoms with Crippen molar-refractivity contribution in [3.05, 3.63) is 59.7 Å². The van der Waals surface area contributed by atoms with Crippen molar-refractivity contribution in [2.75, 3.05) is 13.7 Å². The van der Waals surface area contributed by atoms with Gasteiger partial charge in [0.2, 0.25) is 0 Å². The maximum atomic E-state index is 10.3. The molecule has 3 rings (SSSR count). The molecule has 1 aliphatic rings. The first-order valence-electron chi connectivity index (χ1n) is 8.71. The summed E-state index contributed by atoms with van der Waals surface area (Å²) in [5.74, 6) is 1.37.